The lowest BCUT2D eigenvalue weighted by Gasteiger charge is -2.10. The summed E-state index contributed by atoms with van der Waals surface area (Å²) in [5.41, 5.74) is 1.21. The zero-order valence-corrected chi connectivity index (χ0v) is 10.3. The maximum absolute atomic E-state index is 8.81. The second-order valence-corrected chi connectivity index (χ2v) is 3.77. The Morgan fingerprint density at radius 3 is 2.89 bits per heavy atom. The number of anilines is 2. The molecule has 0 bridgehead atoms. The summed E-state index contributed by atoms with van der Waals surface area (Å²) in [5.74, 6) is 1.06. The van der Waals surface area contributed by atoms with Gasteiger partial charge in [0.2, 0.25) is 0 Å². The van der Waals surface area contributed by atoms with Gasteiger partial charge in [-0.2, -0.15) is 5.26 Å². The number of nitrogens with zero attached hydrogens (tertiary/aromatic N) is 3. The van der Waals surface area contributed by atoms with Gasteiger partial charge < -0.3 is 10.1 Å². The molecule has 1 aromatic heterocycles. The van der Waals surface area contributed by atoms with Crippen LogP contribution in [0.1, 0.15) is 5.56 Å². The van der Waals surface area contributed by atoms with Crippen LogP contribution in [-0.2, 0) is 0 Å². The number of halogens is 1. The number of hydrogen-bond donors (Lipinski definition) is 1. The number of hydrogen-bond acceptors (Lipinski definition) is 5. The van der Waals surface area contributed by atoms with Crippen LogP contribution in [0.3, 0.4) is 0 Å². The third kappa shape index (κ3) is 2.67. The summed E-state index contributed by atoms with van der Waals surface area (Å²) in [6.07, 6.45) is 2.99. The van der Waals surface area contributed by atoms with Gasteiger partial charge in [0.15, 0.2) is 5.82 Å². The third-order valence-corrected chi connectivity index (χ3v) is 2.38. The Balaban J connectivity index is 2.32. The van der Waals surface area contributed by atoms with Crippen molar-refractivity contribution in [2.24, 2.45) is 0 Å². The molecule has 0 saturated heterocycles. The Morgan fingerprint density at radius 1 is 1.39 bits per heavy atom. The number of ether oxygens (including phenoxy) is 1. The first-order valence-electron chi connectivity index (χ1n) is 5.05. The lowest BCUT2D eigenvalue weighted by atomic mass is 10.2. The molecule has 90 valence electrons. The van der Waals surface area contributed by atoms with Crippen molar-refractivity contribution in [3.8, 4) is 11.8 Å². The molecule has 5 nitrogen and oxygen atoms in total. The van der Waals surface area contributed by atoms with Crippen molar-refractivity contribution in [2.75, 3.05) is 12.4 Å². The van der Waals surface area contributed by atoms with Crippen LogP contribution in [0.4, 0.5) is 11.5 Å². The molecule has 2 rings (SSSR count). The van der Waals surface area contributed by atoms with Gasteiger partial charge >= 0.3 is 0 Å². The smallest absolute Gasteiger partial charge is 0.150 e. The van der Waals surface area contributed by atoms with Crippen LogP contribution in [0.25, 0.3) is 0 Å². The van der Waals surface area contributed by atoms with Crippen molar-refractivity contribution in [1.82, 2.24) is 9.97 Å². The highest BCUT2D eigenvalue weighted by molar-refractivity contribution is 6.29. The molecule has 6 heteroatoms. The first kappa shape index (κ1) is 12.1. The van der Waals surface area contributed by atoms with Crippen LogP contribution in [0.15, 0.2) is 30.6 Å². The van der Waals surface area contributed by atoms with Gasteiger partial charge in [0, 0.05) is 6.07 Å². The quantitative estimate of drug-likeness (QED) is 0.919. The van der Waals surface area contributed by atoms with Crippen LogP contribution >= 0.6 is 11.6 Å². The van der Waals surface area contributed by atoms with E-state index in [1.165, 1.54) is 13.3 Å². The second-order valence-electron chi connectivity index (χ2n) is 3.38. The molecule has 0 amide bonds. The third-order valence-electron chi connectivity index (χ3n) is 2.20. The van der Waals surface area contributed by atoms with Crippen LogP contribution < -0.4 is 10.1 Å². The molecule has 1 N–H and O–H groups in total. The Kier molecular flexibility index (Phi) is 3.60. The lowest BCUT2D eigenvalue weighted by molar-refractivity contribution is 0.416. The molecule has 0 aliphatic carbocycles. The van der Waals surface area contributed by atoms with E-state index >= 15 is 0 Å². The van der Waals surface area contributed by atoms with Crippen LogP contribution in [-0.4, -0.2) is 17.1 Å². The van der Waals surface area contributed by atoms with E-state index in [9.17, 15) is 0 Å². The fraction of sp³-hybridized carbons (Fsp3) is 0.0833. The molecule has 0 atom stereocenters. The number of rotatable bonds is 3. The topological polar surface area (TPSA) is 70.8 Å². The summed E-state index contributed by atoms with van der Waals surface area (Å²) in [6, 6.07) is 7.10. The van der Waals surface area contributed by atoms with E-state index in [0.717, 1.165) is 0 Å². The number of nitrogens with one attached hydrogen (secondary N) is 1. The summed E-state index contributed by atoms with van der Waals surface area (Å²) in [7, 11) is 1.53. The molecule has 0 aliphatic rings. The van der Waals surface area contributed by atoms with Gasteiger partial charge in [0.25, 0.3) is 0 Å². The van der Waals surface area contributed by atoms with Gasteiger partial charge in [-0.15, -0.1) is 0 Å². The van der Waals surface area contributed by atoms with Crippen molar-refractivity contribution in [2.45, 2.75) is 0 Å². The summed E-state index contributed by atoms with van der Waals surface area (Å²) < 4.78 is 5.20. The number of methoxy groups -OCH3 is 1. The molecule has 0 aliphatic heterocycles. The van der Waals surface area contributed by atoms with Gasteiger partial charge in [-0.05, 0) is 12.1 Å². The number of nitriles is 1. The lowest BCUT2D eigenvalue weighted by Crippen LogP contribution is -1.97. The first-order chi connectivity index (χ1) is 8.72. The second kappa shape index (κ2) is 5.34. The maximum Gasteiger partial charge on any atom is 0.150 e. The Labute approximate surface area is 109 Å². The van der Waals surface area contributed by atoms with Crippen molar-refractivity contribution in [1.29, 1.82) is 5.26 Å². The van der Waals surface area contributed by atoms with Gasteiger partial charge in [-0.3, -0.25) is 4.98 Å². The minimum absolute atomic E-state index is 0.299. The number of benzene rings is 1. The number of aromatic nitrogens is 2. The zero-order valence-electron chi connectivity index (χ0n) is 9.51. The van der Waals surface area contributed by atoms with Crippen molar-refractivity contribution < 1.29 is 4.74 Å². The SMILES string of the molecule is COc1cc(C#N)ccc1Nc1cncc(Cl)n1. The largest absolute Gasteiger partial charge is 0.495 e. The molecule has 0 spiro atoms. The maximum atomic E-state index is 8.81. The van der Waals surface area contributed by atoms with E-state index in [1.807, 2.05) is 6.07 Å². The molecule has 0 radical (unpaired) electrons. The molecule has 1 heterocycles. The van der Waals surface area contributed by atoms with Gasteiger partial charge in [-0.1, -0.05) is 11.6 Å². The van der Waals surface area contributed by atoms with Crippen molar-refractivity contribution in [3.05, 3.63) is 41.3 Å². The van der Waals surface area contributed by atoms with Gasteiger partial charge in [0.1, 0.15) is 10.9 Å². The predicted octanol–water partition coefficient (Wildman–Crippen LogP) is 2.75. The molecular weight excluding hydrogens is 252 g/mol. The van der Waals surface area contributed by atoms with Gasteiger partial charge in [0.05, 0.1) is 36.8 Å². The van der Waals surface area contributed by atoms with E-state index in [4.69, 9.17) is 21.6 Å². The fourth-order valence-corrected chi connectivity index (χ4v) is 1.55. The summed E-state index contributed by atoms with van der Waals surface area (Å²) >= 11 is 5.74. The highest BCUT2D eigenvalue weighted by Gasteiger charge is 2.06. The molecular formula is C12H9ClN4O. The van der Waals surface area contributed by atoms with E-state index in [-0.39, 0.29) is 0 Å². The predicted molar refractivity (Wildman–Crippen MR) is 68.0 cm³/mol. The Hall–Kier alpha value is -2.32. The van der Waals surface area contributed by atoms with E-state index in [0.29, 0.717) is 28.0 Å². The molecule has 0 fully saturated rings. The summed E-state index contributed by atoms with van der Waals surface area (Å²) in [6.45, 7) is 0. The zero-order chi connectivity index (χ0) is 13.0. The van der Waals surface area contributed by atoms with E-state index in [1.54, 1.807) is 24.4 Å². The fourth-order valence-electron chi connectivity index (χ4n) is 1.40. The highest BCUT2D eigenvalue weighted by atomic mass is 35.5. The first-order valence-corrected chi connectivity index (χ1v) is 5.43. The molecule has 2 aromatic rings. The van der Waals surface area contributed by atoms with Crippen LogP contribution in [0, 0.1) is 11.3 Å². The molecule has 0 unspecified atom stereocenters. The van der Waals surface area contributed by atoms with Gasteiger partial charge in [-0.25, -0.2) is 4.98 Å². The summed E-state index contributed by atoms with van der Waals surface area (Å²) in [4.78, 5) is 7.98. The van der Waals surface area contributed by atoms with E-state index < -0.39 is 0 Å². The normalized spacial score (nSPS) is 9.61. The monoisotopic (exact) mass is 260 g/mol. The Bertz CT molecular complexity index is 609. The Morgan fingerprint density at radius 2 is 2.22 bits per heavy atom. The average molecular weight is 261 g/mol. The average Bonchev–Trinajstić information content (AvgIpc) is 2.39. The minimum atomic E-state index is 0.299. The standard InChI is InChI=1S/C12H9ClN4O/c1-18-10-4-8(5-14)2-3-9(10)16-12-7-15-6-11(13)17-12/h2-4,6-7H,1H3,(H,16,17). The van der Waals surface area contributed by atoms with E-state index in [2.05, 4.69) is 15.3 Å². The van der Waals surface area contributed by atoms with Crippen molar-refractivity contribution in [3.63, 3.8) is 0 Å². The molecule has 18 heavy (non-hydrogen) atoms. The molecule has 1 aromatic carbocycles. The van der Waals surface area contributed by atoms with Crippen LogP contribution in [0.2, 0.25) is 5.15 Å². The minimum Gasteiger partial charge on any atom is -0.495 e. The summed E-state index contributed by atoms with van der Waals surface area (Å²) in [5, 5.41) is 12.1. The molecule has 0 saturated carbocycles. The highest BCUT2D eigenvalue weighted by Crippen LogP contribution is 2.27. The van der Waals surface area contributed by atoms with Crippen molar-refractivity contribution >= 4 is 23.1 Å². The van der Waals surface area contributed by atoms with Crippen LogP contribution in [0.5, 0.6) is 5.75 Å².